The third-order valence-corrected chi connectivity index (χ3v) is 12.3. The van der Waals surface area contributed by atoms with E-state index in [0.717, 1.165) is 11.4 Å². The van der Waals surface area contributed by atoms with Gasteiger partial charge in [0.05, 0.1) is 0 Å². The quantitative estimate of drug-likeness (QED) is 0.0669. The van der Waals surface area contributed by atoms with Crippen LogP contribution in [-0.2, 0) is 23.7 Å². The second-order valence-electron chi connectivity index (χ2n) is 17.8. The first-order valence-corrected chi connectivity index (χ1v) is 23.2. The monoisotopic (exact) mass is 799 g/mol. The molecule has 6 rings (SSSR count). The van der Waals surface area contributed by atoms with E-state index in [4.69, 9.17) is 0 Å². The summed E-state index contributed by atoms with van der Waals surface area (Å²) >= 11 is 0. The second kappa shape index (κ2) is 24.2. The summed E-state index contributed by atoms with van der Waals surface area (Å²) < 4.78 is 0. The first-order chi connectivity index (χ1) is 29.2. The minimum absolute atomic E-state index is 0.0234. The molecular weight excluding hydrogens is 725 g/mol. The number of hydrogen-bond acceptors (Lipinski definition) is 2. The summed E-state index contributed by atoms with van der Waals surface area (Å²) in [6, 6.07) is 56.9. The first-order valence-electron chi connectivity index (χ1n) is 23.2. The number of hydrogen-bond donors (Lipinski definition) is 2. The Kier molecular flexibility index (Phi) is 18.6. The molecule has 0 fully saturated rings. The Hall–Kier alpha value is -5.08. The van der Waals surface area contributed by atoms with Gasteiger partial charge in [0.1, 0.15) is 0 Å². The van der Waals surface area contributed by atoms with Crippen LogP contribution in [0.3, 0.4) is 0 Å². The van der Waals surface area contributed by atoms with E-state index < -0.39 is 0 Å². The van der Waals surface area contributed by atoms with Gasteiger partial charge in [0.25, 0.3) is 0 Å². The minimum Gasteiger partial charge on any atom is -0.356 e. The summed E-state index contributed by atoms with van der Waals surface area (Å²) in [7, 11) is 0. The number of rotatable bonds is 22. The van der Waals surface area contributed by atoms with Crippen LogP contribution in [0.1, 0.15) is 152 Å². The largest absolute Gasteiger partial charge is 0.356 e. The maximum atomic E-state index is 3.54. The van der Waals surface area contributed by atoms with Crippen LogP contribution in [0, 0.1) is 0 Å². The van der Waals surface area contributed by atoms with Crippen molar-refractivity contribution in [3.05, 3.63) is 191 Å². The first kappa shape index (κ1) is 46.0. The molecule has 0 unspecified atom stereocenters. The lowest BCUT2D eigenvalue weighted by Gasteiger charge is -2.27. The van der Waals surface area contributed by atoms with Crippen molar-refractivity contribution < 1.29 is 0 Å². The van der Waals surface area contributed by atoms with E-state index in [1.165, 1.54) is 135 Å². The standard InChI is InChI=1S/C30H31N.C28H43N/c1-29(2,23-11-7-5-8-12-23)25-15-19-27(20-16-25)31-28-21-17-26(18-22-28)30(3,4)24-13-9-6-10-14-24;1-3-5-7-9-11-13-15-25-17-21-27(22-18-25)29-28-23-19-26(20-24-28)16-14-12-10-8-6-4-2/h5-22,31H,1-4H3;17-24,29H,3-16H2,1-2H3. The van der Waals surface area contributed by atoms with Gasteiger partial charge in [-0.05, 0) is 108 Å². The van der Waals surface area contributed by atoms with Crippen molar-refractivity contribution in [2.24, 2.45) is 0 Å². The van der Waals surface area contributed by atoms with E-state index in [1.54, 1.807) is 0 Å². The van der Waals surface area contributed by atoms with Crippen LogP contribution >= 0.6 is 0 Å². The normalized spacial score (nSPS) is 11.4. The van der Waals surface area contributed by atoms with Gasteiger partial charge in [-0.1, -0.05) is 215 Å². The van der Waals surface area contributed by atoms with Crippen LogP contribution in [0.4, 0.5) is 22.7 Å². The average Bonchev–Trinajstić information content (AvgIpc) is 3.28. The van der Waals surface area contributed by atoms with Gasteiger partial charge in [0.15, 0.2) is 0 Å². The van der Waals surface area contributed by atoms with Gasteiger partial charge in [-0.15, -0.1) is 0 Å². The molecule has 0 spiro atoms. The molecule has 2 N–H and O–H groups in total. The molecule has 0 saturated heterocycles. The predicted molar refractivity (Wildman–Crippen MR) is 264 cm³/mol. The van der Waals surface area contributed by atoms with E-state index in [2.05, 4.69) is 210 Å². The molecule has 0 aliphatic rings. The SMILES string of the molecule is CC(C)(c1ccccc1)c1ccc(Nc2ccc(C(C)(C)c3ccccc3)cc2)cc1.CCCCCCCCc1ccc(Nc2ccc(CCCCCCCC)cc2)cc1. The van der Waals surface area contributed by atoms with Crippen LogP contribution < -0.4 is 10.6 Å². The Morgan fingerprint density at radius 3 is 0.883 bits per heavy atom. The molecule has 0 amide bonds. The highest BCUT2D eigenvalue weighted by Crippen LogP contribution is 2.34. The van der Waals surface area contributed by atoms with Crippen LogP contribution in [-0.4, -0.2) is 0 Å². The van der Waals surface area contributed by atoms with E-state index in [0.29, 0.717) is 0 Å². The van der Waals surface area contributed by atoms with Crippen molar-refractivity contribution in [1.29, 1.82) is 0 Å². The lowest BCUT2D eigenvalue weighted by Crippen LogP contribution is -2.18. The van der Waals surface area contributed by atoms with E-state index in [1.807, 2.05) is 0 Å². The Morgan fingerprint density at radius 2 is 0.567 bits per heavy atom. The summed E-state index contributed by atoms with van der Waals surface area (Å²) in [4.78, 5) is 0. The molecule has 0 radical (unpaired) electrons. The fourth-order valence-electron chi connectivity index (χ4n) is 8.05. The Bertz CT molecular complexity index is 1880. The van der Waals surface area contributed by atoms with E-state index >= 15 is 0 Å². The number of anilines is 4. The van der Waals surface area contributed by atoms with Gasteiger partial charge in [0.2, 0.25) is 0 Å². The lowest BCUT2D eigenvalue weighted by atomic mass is 9.78. The fraction of sp³-hybridized carbons (Fsp3) is 0.379. The van der Waals surface area contributed by atoms with Crippen molar-refractivity contribution in [3.63, 3.8) is 0 Å². The maximum absolute atomic E-state index is 3.54. The average molecular weight is 799 g/mol. The van der Waals surface area contributed by atoms with Gasteiger partial charge in [-0.3, -0.25) is 0 Å². The number of benzene rings is 6. The molecule has 0 aromatic heterocycles. The molecule has 60 heavy (non-hydrogen) atoms. The van der Waals surface area contributed by atoms with Crippen LogP contribution in [0.25, 0.3) is 0 Å². The molecule has 0 heterocycles. The number of nitrogens with one attached hydrogen (secondary N) is 2. The minimum atomic E-state index is -0.0234. The van der Waals surface area contributed by atoms with Gasteiger partial charge in [0, 0.05) is 33.6 Å². The van der Waals surface area contributed by atoms with Crippen LogP contribution in [0.2, 0.25) is 0 Å². The Morgan fingerprint density at radius 1 is 0.300 bits per heavy atom. The number of aryl methyl sites for hydroxylation is 2. The zero-order valence-electron chi connectivity index (χ0n) is 37.9. The van der Waals surface area contributed by atoms with E-state index in [-0.39, 0.29) is 10.8 Å². The molecule has 316 valence electrons. The summed E-state index contributed by atoms with van der Waals surface area (Å²) in [5.41, 5.74) is 12.7. The highest BCUT2D eigenvalue weighted by atomic mass is 14.9. The molecule has 6 aromatic rings. The summed E-state index contributed by atoms with van der Waals surface area (Å²) in [5, 5.41) is 7.08. The highest BCUT2D eigenvalue weighted by Gasteiger charge is 2.24. The maximum Gasteiger partial charge on any atom is 0.0384 e. The lowest BCUT2D eigenvalue weighted by molar-refractivity contribution is 0.607. The van der Waals surface area contributed by atoms with Crippen LogP contribution in [0.5, 0.6) is 0 Å². The van der Waals surface area contributed by atoms with Crippen molar-refractivity contribution in [3.8, 4) is 0 Å². The summed E-state index contributed by atoms with van der Waals surface area (Å²) in [6.07, 6.45) is 18.8. The van der Waals surface area contributed by atoms with E-state index in [9.17, 15) is 0 Å². The zero-order chi connectivity index (χ0) is 42.5. The molecule has 0 bridgehead atoms. The fourth-order valence-corrected chi connectivity index (χ4v) is 8.05. The Labute approximate surface area is 365 Å². The smallest absolute Gasteiger partial charge is 0.0384 e. The Balaban J connectivity index is 0.000000228. The molecule has 2 nitrogen and oxygen atoms in total. The van der Waals surface area contributed by atoms with Gasteiger partial charge in [-0.2, -0.15) is 0 Å². The highest BCUT2D eigenvalue weighted by molar-refractivity contribution is 5.62. The van der Waals surface area contributed by atoms with Crippen molar-refractivity contribution in [2.45, 2.75) is 142 Å². The van der Waals surface area contributed by atoms with Crippen LogP contribution in [0.15, 0.2) is 158 Å². The third-order valence-electron chi connectivity index (χ3n) is 12.3. The molecule has 2 heteroatoms. The van der Waals surface area contributed by atoms with Crippen molar-refractivity contribution >= 4 is 22.7 Å². The topological polar surface area (TPSA) is 24.1 Å². The molecule has 0 saturated carbocycles. The van der Waals surface area contributed by atoms with Crippen molar-refractivity contribution in [2.75, 3.05) is 10.6 Å². The predicted octanol–water partition coefficient (Wildman–Crippen LogP) is 17.3. The summed E-state index contributed by atoms with van der Waals surface area (Å²) in [5.74, 6) is 0. The zero-order valence-corrected chi connectivity index (χ0v) is 37.9. The summed E-state index contributed by atoms with van der Waals surface area (Å²) in [6.45, 7) is 13.7. The molecule has 0 atom stereocenters. The number of unbranched alkanes of at least 4 members (excludes halogenated alkanes) is 10. The molecule has 6 aromatic carbocycles. The molecule has 0 aliphatic heterocycles. The van der Waals surface area contributed by atoms with Crippen molar-refractivity contribution in [1.82, 2.24) is 0 Å². The second-order valence-corrected chi connectivity index (χ2v) is 17.8. The van der Waals surface area contributed by atoms with Gasteiger partial charge in [-0.25, -0.2) is 0 Å². The molecular formula is C58H74N2. The third kappa shape index (κ3) is 14.6. The van der Waals surface area contributed by atoms with Gasteiger partial charge < -0.3 is 10.6 Å². The van der Waals surface area contributed by atoms with Gasteiger partial charge >= 0.3 is 0 Å². The molecule has 0 aliphatic carbocycles.